The number of furan rings is 1. The molecule has 0 atom stereocenters. The fraction of sp³-hybridized carbons (Fsp3) is 0.118. The van der Waals surface area contributed by atoms with Gasteiger partial charge in [-0.3, -0.25) is 20.0 Å². The van der Waals surface area contributed by atoms with Gasteiger partial charge in [0.25, 0.3) is 5.91 Å². The average Bonchev–Trinajstić information content (AvgIpc) is 3.40. The van der Waals surface area contributed by atoms with Crippen molar-refractivity contribution >= 4 is 5.91 Å². The van der Waals surface area contributed by atoms with E-state index in [4.69, 9.17) is 4.42 Å². The number of aryl methyl sites for hydroxylation is 1. The lowest BCUT2D eigenvalue weighted by atomic mass is 10.2. The van der Waals surface area contributed by atoms with Gasteiger partial charge in [-0.05, 0) is 31.2 Å². The van der Waals surface area contributed by atoms with Crippen LogP contribution in [0.3, 0.4) is 0 Å². The molecule has 0 bridgehead atoms. The summed E-state index contributed by atoms with van der Waals surface area (Å²) < 4.78 is 5.51. The van der Waals surface area contributed by atoms with E-state index in [9.17, 15) is 4.79 Å². The third kappa shape index (κ3) is 3.22. The van der Waals surface area contributed by atoms with E-state index in [1.807, 2.05) is 31.2 Å². The van der Waals surface area contributed by atoms with Gasteiger partial charge < -0.3 is 9.73 Å². The molecule has 26 heavy (non-hydrogen) atoms. The monoisotopic (exact) mass is 349 g/mol. The van der Waals surface area contributed by atoms with Crippen LogP contribution in [0.1, 0.15) is 22.1 Å². The van der Waals surface area contributed by atoms with Gasteiger partial charge in [-0.25, -0.2) is 4.98 Å². The molecule has 0 fully saturated rings. The molecule has 0 aromatic carbocycles. The first-order valence-electron chi connectivity index (χ1n) is 7.91. The molecule has 0 spiro atoms. The zero-order valence-corrected chi connectivity index (χ0v) is 13.9. The molecule has 0 radical (unpaired) electrons. The number of aromatic nitrogens is 6. The van der Waals surface area contributed by atoms with E-state index in [0.29, 0.717) is 23.1 Å². The number of hydrogen-bond donors (Lipinski definition) is 3. The number of nitrogens with zero attached hydrogens (tertiary/aromatic N) is 4. The van der Waals surface area contributed by atoms with Crippen molar-refractivity contribution in [1.82, 2.24) is 35.7 Å². The van der Waals surface area contributed by atoms with E-state index in [1.54, 1.807) is 18.5 Å². The summed E-state index contributed by atoms with van der Waals surface area (Å²) in [5.41, 5.74) is 1.75. The Morgan fingerprint density at radius 2 is 2.00 bits per heavy atom. The zero-order valence-electron chi connectivity index (χ0n) is 13.9. The van der Waals surface area contributed by atoms with Gasteiger partial charge in [-0.2, -0.15) is 10.2 Å². The Labute approximate surface area is 147 Å². The zero-order chi connectivity index (χ0) is 17.9. The fourth-order valence-corrected chi connectivity index (χ4v) is 2.40. The van der Waals surface area contributed by atoms with Crippen molar-refractivity contribution in [2.24, 2.45) is 0 Å². The third-order valence-corrected chi connectivity index (χ3v) is 3.70. The summed E-state index contributed by atoms with van der Waals surface area (Å²) in [7, 11) is 0. The van der Waals surface area contributed by atoms with Gasteiger partial charge in [0.1, 0.15) is 17.3 Å². The Morgan fingerprint density at radius 1 is 1.15 bits per heavy atom. The van der Waals surface area contributed by atoms with E-state index in [2.05, 4.69) is 35.7 Å². The minimum atomic E-state index is -0.322. The Balaban J connectivity index is 1.40. The lowest BCUT2D eigenvalue weighted by Crippen LogP contribution is -2.23. The Bertz CT molecular complexity index is 1030. The SMILES string of the molecule is Cc1ccc(-c2cc(C(=O)NCc3nc(-c4ccncc4)n[nH]3)n[nH]2)o1. The Morgan fingerprint density at radius 3 is 2.77 bits per heavy atom. The van der Waals surface area contributed by atoms with Crippen LogP contribution in [0.15, 0.2) is 47.1 Å². The molecule has 0 aliphatic rings. The van der Waals surface area contributed by atoms with Crippen LogP contribution in [0.2, 0.25) is 0 Å². The van der Waals surface area contributed by atoms with Crippen molar-refractivity contribution in [2.75, 3.05) is 0 Å². The lowest BCUT2D eigenvalue weighted by molar-refractivity contribution is 0.0945. The van der Waals surface area contributed by atoms with E-state index >= 15 is 0 Å². The van der Waals surface area contributed by atoms with Crippen LogP contribution in [0.4, 0.5) is 0 Å². The normalized spacial score (nSPS) is 10.8. The first kappa shape index (κ1) is 15.8. The number of amides is 1. The third-order valence-electron chi connectivity index (χ3n) is 3.70. The standard InChI is InChI=1S/C17H15N7O2/c1-10-2-3-14(26-10)12-8-13(22-21-12)17(25)19-9-15-20-16(24-23-15)11-4-6-18-7-5-11/h2-8H,9H2,1H3,(H,19,25)(H,21,22)(H,20,23,24). The summed E-state index contributed by atoms with van der Waals surface area (Å²) in [6.45, 7) is 2.06. The van der Waals surface area contributed by atoms with Gasteiger partial charge in [0, 0.05) is 24.0 Å². The molecular weight excluding hydrogens is 334 g/mol. The number of aromatic amines is 2. The van der Waals surface area contributed by atoms with Gasteiger partial charge in [0.15, 0.2) is 17.3 Å². The predicted molar refractivity (Wildman–Crippen MR) is 91.8 cm³/mol. The van der Waals surface area contributed by atoms with Crippen LogP contribution in [-0.2, 0) is 6.54 Å². The molecule has 0 unspecified atom stereocenters. The average molecular weight is 349 g/mol. The van der Waals surface area contributed by atoms with Crippen LogP contribution in [-0.4, -0.2) is 36.3 Å². The van der Waals surface area contributed by atoms with Gasteiger partial charge in [0.05, 0.1) is 6.54 Å². The summed E-state index contributed by atoms with van der Waals surface area (Å²) in [6, 6.07) is 8.93. The Kier molecular flexibility index (Phi) is 4.02. The molecule has 0 aliphatic heterocycles. The number of rotatable bonds is 5. The van der Waals surface area contributed by atoms with Gasteiger partial charge in [-0.15, -0.1) is 0 Å². The highest BCUT2D eigenvalue weighted by molar-refractivity contribution is 5.93. The molecule has 3 N–H and O–H groups in total. The summed E-state index contributed by atoms with van der Waals surface area (Å²) in [5.74, 6) is 2.19. The first-order valence-corrected chi connectivity index (χ1v) is 7.91. The Hall–Kier alpha value is -3.75. The largest absolute Gasteiger partial charge is 0.460 e. The number of H-pyrrole nitrogens is 2. The summed E-state index contributed by atoms with van der Waals surface area (Å²) in [4.78, 5) is 20.6. The van der Waals surface area contributed by atoms with Crippen molar-refractivity contribution in [3.05, 3.63) is 60.0 Å². The van der Waals surface area contributed by atoms with E-state index < -0.39 is 0 Å². The summed E-state index contributed by atoms with van der Waals surface area (Å²) in [5, 5.41) is 16.5. The second-order valence-electron chi connectivity index (χ2n) is 5.60. The number of pyridine rings is 1. The van der Waals surface area contributed by atoms with Crippen LogP contribution in [0.25, 0.3) is 22.8 Å². The first-order chi connectivity index (χ1) is 12.7. The maximum Gasteiger partial charge on any atom is 0.272 e. The van der Waals surface area contributed by atoms with Gasteiger partial charge in [0.2, 0.25) is 0 Å². The second kappa shape index (κ2) is 6.63. The molecule has 130 valence electrons. The molecule has 4 heterocycles. The molecule has 0 aliphatic carbocycles. The number of carbonyl (C=O) groups is 1. The number of carbonyl (C=O) groups excluding carboxylic acids is 1. The van der Waals surface area contributed by atoms with E-state index in [-0.39, 0.29) is 18.1 Å². The van der Waals surface area contributed by atoms with Crippen molar-refractivity contribution < 1.29 is 9.21 Å². The summed E-state index contributed by atoms with van der Waals surface area (Å²) in [6.07, 6.45) is 3.34. The molecule has 9 nitrogen and oxygen atoms in total. The quantitative estimate of drug-likeness (QED) is 0.506. The highest BCUT2D eigenvalue weighted by Gasteiger charge is 2.14. The van der Waals surface area contributed by atoms with Crippen molar-refractivity contribution in [3.63, 3.8) is 0 Å². The topological polar surface area (TPSA) is 125 Å². The number of nitrogens with one attached hydrogen (secondary N) is 3. The van der Waals surface area contributed by atoms with Crippen molar-refractivity contribution in [2.45, 2.75) is 13.5 Å². The number of hydrogen-bond acceptors (Lipinski definition) is 6. The fourth-order valence-electron chi connectivity index (χ4n) is 2.40. The molecule has 9 heteroatoms. The van der Waals surface area contributed by atoms with E-state index in [1.165, 1.54) is 0 Å². The maximum atomic E-state index is 12.3. The van der Waals surface area contributed by atoms with Crippen LogP contribution >= 0.6 is 0 Å². The maximum absolute atomic E-state index is 12.3. The van der Waals surface area contributed by atoms with Crippen LogP contribution in [0, 0.1) is 6.92 Å². The van der Waals surface area contributed by atoms with Crippen molar-refractivity contribution in [1.29, 1.82) is 0 Å². The van der Waals surface area contributed by atoms with Gasteiger partial charge >= 0.3 is 0 Å². The summed E-state index contributed by atoms with van der Waals surface area (Å²) >= 11 is 0. The molecule has 4 aromatic rings. The van der Waals surface area contributed by atoms with E-state index in [0.717, 1.165) is 11.3 Å². The molecule has 4 rings (SSSR count). The highest BCUT2D eigenvalue weighted by Crippen LogP contribution is 2.20. The van der Waals surface area contributed by atoms with Crippen molar-refractivity contribution in [3.8, 4) is 22.8 Å². The molecular formula is C17H15N7O2. The van der Waals surface area contributed by atoms with Crippen LogP contribution < -0.4 is 5.32 Å². The lowest BCUT2D eigenvalue weighted by Gasteiger charge is -1.99. The molecule has 0 saturated heterocycles. The minimum Gasteiger partial charge on any atom is -0.460 e. The molecule has 4 aromatic heterocycles. The van der Waals surface area contributed by atoms with Crippen LogP contribution in [0.5, 0.6) is 0 Å². The molecule has 0 saturated carbocycles. The smallest absolute Gasteiger partial charge is 0.272 e. The minimum absolute atomic E-state index is 0.207. The van der Waals surface area contributed by atoms with Gasteiger partial charge in [-0.1, -0.05) is 0 Å². The highest BCUT2D eigenvalue weighted by atomic mass is 16.3. The second-order valence-corrected chi connectivity index (χ2v) is 5.60. The molecule has 1 amide bonds. The predicted octanol–water partition coefficient (Wildman–Crippen LogP) is 2.09.